The summed E-state index contributed by atoms with van der Waals surface area (Å²) in [5, 5.41) is 13.3. The van der Waals surface area contributed by atoms with Crippen molar-refractivity contribution in [3.05, 3.63) is 35.9 Å². The second kappa shape index (κ2) is 8.43. The number of hydrogen-bond donors (Lipinski definition) is 2. The van der Waals surface area contributed by atoms with Gasteiger partial charge in [-0.2, -0.15) is 0 Å². The van der Waals surface area contributed by atoms with E-state index in [0.717, 1.165) is 12.3 Å². The van der Waals surface area contributed by atoms with E-state index in [1.807, 2.05) is 6.07 Å². The summed E-state index contributed by atoms with van der Waals surface area (Å²) in [6.07, 6.45) is 8.89. The molecule has 1 aliphatic carbocycles. The van der Waals surface area contributed by atoms with E-state index in [4.69, 9.17) is 0 Å². The molecule has 1 saturated carbocycles. The van der Waals surface area contributed by atoms with Gasteiger partial charge in [0.2, 0.25) is 0 Å². The largest absolute Gasteiger partial charge is 0.395 e. The van der Waals surface area contributed by atoms with Gasteiger partial charge in [0, 0.05) is 12.1 Å². The first-order valence-electron chi connectivity index (χ1n) is 8.22. The van der Waals surface area contributed by atoms with Crippen LogP contribution in [-0.4, -0.2) is 23.8 Å². The van der Waals surface area contributed by atoms with E-state index in [0.29, 0.717) is 6.04 Å². The van der Waals surface area contributed by atoms with Gasteiger partial charge in [-0.25, -0.2) is 0 Å². The first-order valence-corrected chi connectivity index (χ1v) is 8.22. The molecule has 0 heterocycles. The van der Waals surface area contributed by atoms with Gasteiger partial charge in [-0.05, 0) is 43.6 Å². The third-order valence-corrected chi connectivity index (χ3v) is 4.56. The quantitative estimate of drug-likeness (QED) is 0.798. The van der Waals surface area contributed by atoms with Gasteiger partial charge >= 0.3 is 0 Å². The van der Waals surface area contributed by atoms with Crippen molar-refractivity contribution in [3.8, 4) is 0 Å². The molecule has 0 unspecified atom stereocenters. The monoisotopic (exact) mass is 275 g/mol. The minimum absolute atomic E-state index is 0.199. The molecule has 0 amide bonds. The molecular weight excluding hydrogens is 246 g/mol. The Hall–Kier alpha value is -0.860. The molecule has 2 N–H and O–H groups in total. The lowest BCUT2D eigenvalue weighted by atomic mass is 9.83. The van der Waals surface area contributed by atoms with Crippen molar-refractivity contribution in [1.82, 2.24) is 5.32 Å². The van der Waals surface area contributed by atoms with Crippen molar-refractivity contribution in [3.63, 3.8) is 0 Å². The van der Waals surface area contributed by atoms with Gasteiger partial charge in [0.1, 0.15) is 0 Å². The summed E-state index contributed by atoms with van der Waals surface area (Å²) in [6, 6.07) is 11.3. The summed E-state index contributed by atoms with van der Waals surface area (Å²) in [7, 11) is 0. The van der Waals surface area contributed by atoms with Crippen molar-refractivity contribution < 1.29 is 5.11 Å². The van der Waals surface area contributed by atoms with Crippen LogP contribution in [0.3, 0.4) is 0 Å². The standard InChI is InChI=1S/C18H29NO/c1-2-6-15-9-11-17(12-10-15)19-18(14-20)13-16-7-4-3-5-8-16/h3-5,7-8,15,17-20H,2,6,9-14H2,1H3/t15?,17?,18-/m1/s1. The predicted molar refractivity (Wildman–Crippen MR) is 84.8 cm³/mol. The molecule has 1 aromatic rings. The summed E-state index contributed by atoms with van der Waals surface area (Å²) >= 11 is 0. The second-order valence-electron chi connectivity index (χ2n) is 6.24. The van der Waals surface area contributed by atoms with E-state index in [9.17, 15) is 5.11 Å². The van der Waals surface area contributed by atoms with Crippen LogP contribution in [0.25, 0.3) is 0 Å². The Kier molecular flexibility index (Phi) is 6.55. The van der Waals surface area contributed by atoms with Crippen molar-refractivity contribution in [2.24, 2.45) is 5.92 Å². The van der Waals surface area contributed by atoms with E-state index in [1.54, 1.807) is 0 Å². The molecule has 1 fully saturated rings. The molecule has 2 nitrogen and oxygen atoms in total. The molecule has 2 rings (SSSR count). The van der Waals surface area contributed by atoms with E-state index in [1.165, 1.54) is 44.1 Å². The molecule has 1 aliphatic rings. The third kappa shape index (κ3) is 4.92. The zero-order valence-corrected chi connectivity index (χ0v) is 12.7. The molecule has 0 aromatic heterocycles. The molecular formula is C18H29NO. The van der Waals surface area contributed by atoms with Crippen LogP contribution in [0.4, 0.5) is 0 Å². The second-order valence-corrected chi connectivity index (χ2v) is 6.24. The zero-order chi connectivity index (χ0) is 14.2. The highest BCUT2D eigenvalue weighted by Crippen LogP contribution is 2.28. The smallest absolute Gasteiger partial charge is 0.0587 e. The highest BCUT2D eigenvalue weighted by molar-refractivity contribution is 5.16. The van der Waals surface area contributed by atoms with Crippen molar-refractivity contribution >= 4 is 0 Å². The average Bonchev–Trinajstić information content (AvgIpc) is 2.50. The van der Waals surface area contributed by atoms with Crippen molar-refractivity contribution in [2.45, 2.75) is 64.0 Å². The third-order valence-electron chi connectivity index (χ3n) is 4.56. The van der Waals surface area contributed by atoms with Crippen LogP contribution in [-0.2, 0) is 6.42 Å². The fourth-order valence-electron chi connectivity index (χ4n) is 3.43. The first-order chi connectivity index (χ1) is 9.81. The molecule has 0 radical (unpaired) electrons. The Morgan fingerprint density at radius 3 is 2.45 bits per heavy atom. The van der Waals surface area contributed by atoms with Gasteiger partial charge in [-0.15, -0.1) is 0 Å². The van der Waals surface area contributed by atoms with Crippen LogP contribution >= 0.6 is 0 Å². The lowest BCUT2D eigenvalue weighted by molar-refractivity contribution is 0.203. The molecule has 2 heteroatoms. The number of aliphatic hydroxyl groups is 1. The number of aliphatic hydroxyl groups excluding tert-OH is 1. The summed E-state index contributed by atoms with van der Waals surface area (Å²) in [5.74, 6) is 0.944. The topological polar surface area (TPSA) is 32.3 Å². The van der Waals surface area contributed by atoms with Gasteiger partial charge in [0.05, 0.1) is 6.61 Å². The maximum absolute atomic E-state index is 9.59. The lowest BCUT2D eigenvalue weighted by Crippen LogP contribution is -2.43. The van der Waals surface area contributed by atoms with Gasteiger partial charge in [0.15, 0.2) is 0 Å². The fourth-order valence-corrected chi connectivity index (χ4v) is 3.43. The normalized spacial score (nSPS) is 24.5. The average molecular weight is 275 g/mol. The highest BCUT2D eigenvalue weighted by atomic mass is 16.3. The van der Waals surface area contributed by atoms with Crippen molar-refractivity contribution in [1.29, 1.82) is 0 Å². The minimum atomic E-state index is 0.199. The number of benzene rings is 1. The number of hydrogen-bond acceptors (Lipinski definition) is 2. The van der Waals surface area contributed by atoms with E-state index < -0.39 is 0 Å². The Balaban J connectivity index is 1.76. The van der Waals surface area contributed by atoms with Gasteiger partial charge in [-0.1, -0.05) is 50.1 Å². The van der Waals surface area contributed by atoms with Crippen molar-refractivity contribution in [2.75, 3.05) is 6.61 Å². The van der Waals surface area contributed by atoms with Gasteiger partial charge in [-0.3, -0.25) is 0 Å². The number of rotatable bonds is 7. The van der Waals surface area contributed by atoms with Crippen LogP contribution in [0.1, 0.15) is 51.0 Å². The summed E-state index contributed by atoms with van der Waals surface area (Å²) in [4.78, 5) is 0. The van der Waals surface area contributed by atoms with Crippen LogP contribution < -0.4 is 5.32 Å². The fraction of sp³-hybridized carbons (Fsp3) is 0.667. The predicted octanol–water partition coefficient (Wildman–Crippen LogP) is 3.54. The lowest BCUT2D eigenvalue weighted by Gasteiger charge is -2.31. The summed E-state index contributed by atoms with van der Waals surface area (Å²) in [5.41, 5.74) is 1.30. The molecule has 0 saturated heterocycles. The van der Waals surface area contributed by atoms with Gasteiger partial charge < -0.3 is 10.4 Å². The van der Waals surface area contributed by atoms with Gasteiger partial charge in [0.25, 0.3) is 0 Å². The SMILES string of the molecule is CCCC1CCC(N[C@@H](CO)Cc2ccccc2)CC1. The molecule has 0 spiro atoms. The molecule has 1 atom stereocenters. The van der Waals surface area contributed by atoms with Crippen LogP contribution in [0.15, 0.2) is 30.3 Å². The molecule has 20 heavy (non-hydrogen) atoms. The van der Waals surface area contributed by atoms with Crippen LogP contribution in [0.5, 0.6) is 0 Å². The first kappa shape index (κ1) is 15.5. The highest BCUT2D eigenvalue weighted by Gasteiger charge is 2.22. The zero-order valence-electron chi connectivity index (χ0n) is 12.7. The van der Waals surface area contributed by atoms with E-state index in [2.05, 4.69) is 36.5 Å². The molecule has 1 aromatic carbocycles. The Bertz CT molecular complexity index is 357. The molecule has 0 bridgehead atoms. The van der Waals surface area contributed by atoms with E-state index in [-0.39, 0.29) is 12.6 Å². The maximum atomic E-state index is 9.59. The Morgan fingerprint density at radius 1 is 1.15 bits per heavy atom. The van der Waals surface area contributed by atoms with E-state index >= 15 is 0 Å². The molecule has 112 valence electrons. The summed E-state index contributed by atoms with van der Waals surface area (Å²) < 4.78 is 0. The molecule has 0 aliphatic heterocycles. The number of nitrogens with one attached hydrogen (secondary N) is 1. The minimum Gasteiger partial charge on any atom is -0.395 e. The Labute approximate surface area is 123 Å². The van der Waals surface area contributed by atoms with Crippen LogP contribution in [0.2, 0.25) is 0 Å². The Morgan fingerprint density at radius 2 is 1.85 bits per heavy atom. The summed E-state index contributed by atoms with van der Waals surface area (Å²) in [6.45, 7) is 2.51. The van der Waals surface area contributed by atoms with Crippen LogP contribution in [0, 0.1) is 5.92 Å². The maximum Gasteiger partial charge on any atom is 0.0587 e.